The fourth-order valence-electron chi connectivity index (χ4n) is 8.58. The zero-order valence-electron chi connectivity index (χ0n) is 29.4. The van der Waals surface area contributed by atoms with Crippen LogP contribution in [0, 0.1) is 11.3 Å². The van der Waals surface area contributed by atoms with Gasteiger partial charge in [-0.3, -0.25) is 4.57 Å². The largest absolute Gasteiger partial charge is 0.292 e. The van der Waals surface area contributed by atoms with Gasteiger partial charge in [-0.1, -0.05) is 152 Å². The van der Waals surface area contributed by atoms with Crippen LogP contribution in [0.25, 0.3) is 61.5 Å². The monoisotopic (exact) mass is 687 g/mol. The van der Waals surface area contributed by atoms with Crippen molar-refractivity contribution >= 4 is 11.0 Å². The molecular weight excluding hydrogens is 655 g/mol. The maximum absolute atomic E-state index is 9.94. The second kappa shape index (κ2) is 12.7. The van der Waals surface area contributed by atoms with Gasteiger partial charge < -0.3 is 0 Å². The van der Waals surface area contributed by atoms with E-state index in [1.54, 1.807) is 0 Å². The van der Waals surface area contributed by atoms with E-state index in [2.05, 4.69) is 180 Å². The van der Waals surface area contributed by atoms with E-state index in [-0.39, 0.29) is 0 Å². The van der Waals surface area contributed by atoms with Crippen LogP contribution in [-0.4, -0.2) is 9.55 Å². The van der Waals surface area contributed by atoms with Crippen LogP contribution in [0.2, 0.25) is 0 Å². The van der Waals surface area contributed by atoms with Gasteiger partial charge in [0.2, 0.25) is 0 Å². The topological polar surface area (TPSA) is 41.6 Å². The van der Waals surface area contributed by atoms with Crippen molar-refractivity contribution in [2.24, 2.45) is 0 Å². The molecule has 0 bridgehead atoms. The molecule has 0 radical (unpaired) electrons. The van der Waals surface area contributed by atoms with E-state index < -0.39 is 5.41 Å². The minimum absolute atomic E-state index is 0.531. The van der Waals surface area contributed by atoms with E-state index in [0.717, 1.165) is 50.4 Å². The highest BCUT2D eigenvalue weighted by molar-refractivity contribution is 5.95. The summed E-state index contributed by atoms with van der Waals surface area (Å²) >= 11 is 0. The summed E-state index contributed by atoms with van der Waals surface area (Å²) in [6.07, 6.45) is 0. The van der Waals surface area contributed by atoms with Crippen molar-refractivity contribution in [3.8, 4) is 56.5 Å². The molecule has 1 aliphatic rings. The van der Waals surface area contributed by atoms with Crippen molar-refractivity contribution in [3.63, 3.8) is 0 Å². The van der Waals surface area contributed by atoms with E-state index >= 15 is 0 Å². The van der Waals surface area contributed by atoms with Gasteiger partial charge in [0.25, 0.3) is 0 Å². The molecule has 54 heavy (non-hydrogen) atoms. The smallest absolute Gasteiger partial charge is 0.145 e. The van der Waals surface area contributed by atoms with Gasteiger partial charge in [-0.25, -0.2) is 4.98 Å². The van der Waals surface area contributed by atoms with Crippen LogP contribution in [0.1, 0.15) is 27.8 Å². The first-order chi connectivity index (χ1) is 26.7. The zero-order valence-corrected chi connectivity index (χ0v) is 29.4. The summed E-state index contributed by atoms with van der Waals surface area (Å²) in [7, 11) is 0. The summed E-state index contributed by atoms with van der Waals surface area (Å²) < 4.78 is 2.25. The Morgan fingerprint density at radius 2 is 1.06 bits per heavy atom. The van der Waals surface area contributed by atoms with Crippen molar-refractivity contribution in [1.29, 1.82) is 5.26 Å². The maximum atomic E-state index is 9.94. The molecule has 8 aromatic carbocycles. The molecule has 0 aliphatic heterocycles. The predicted molar refractivity (Wildman–Crippen MR) is 219 cm³/mol. The molecule has 3 nitrogen and oxygen atoms in total. The highest BCUT2D eigenvalue weighted by Gasteiger charge is 2.46. The molecule has 0 atom stereocenters. The van der Waals surface area contributed by atoms with Crippen molar-refractivity contribution in [2.45, 2.75) is 5.41 Å². The molecule has 252 valence electrons. The van der Waals surface area contributed by atoms with Crippen molar-refractivity contribution in [2.75, 3.05) is 0 Å². The Hall–Kier alpha value is -7.28. The van der Waals surface area contributed by atoms with E-state index in [1.807, 2.05) is 30.3 Å². The Morgan fingerprint density at radius 3 is 1.78 bits per heavy atom. The molecule has 9 aromatic rings. The number of fused-ring (bicyclic) bond motifs is 4. The van der Waals surface area contributed by atoms with Gasteiger partial charge in [-0.05, 0) is 104 Å². The SMILES string of the molecule is N#Cc1cccc(-c2cc3c(cc2-c2ccc(-n4c(-c5ccccc5)nc5ccccc54)cc2)C(c2ccccc2)(c2ccccc2)c2ccccc2-3)c1. The molecule has 1 aromatic heterocycles. The molecule has 0 saturated carbocycles. The molecule has 0 fully saturated rings. The molecule has 0 N–H and O–H groups in total. The van der Waals surface area contributed by atoms with Gasteiger partial charge in [0.05, 0.1) is 28.1 Å². The molecule has 1 heterocycles. The quantitative estimate of drug-likeness (QED) is 0.175. The summed E-state index contributed by atoms with van der Waals surface area (Å²) in [4.78, 5) is 5.08. The molecule has 0 spiro atoms. The molecule has 3 heteroatoms. The van der Waals surface area contributed by atoms with Crippen LogP contribution in [0.3, 0.4) is 0 Å². The van der Waals surface area contributed by atoms with Crippen molar-refractivity contribution < 1.29 is 0 Å². The number of aromatic nitrogens is 2. The fraction of sp³-hybridized carbons (Fsp3) is 0.0196. The van der Waals surface area contributed by atoms with Crippen LogP contribution in [0.5, 0.6) is 0 Å². The third kappa shape index (κ3) is 4.85. The lowest BCUT2D eigenvalue weighted by Crippen LogP contribution is -2.28. The summed E-state index contributed by atoms with van der Waals surface area (Å²) in [6, 6.07) is 73.3. The van der Waals surface area contributed by atoms with Crippen LogP contribution < -0.4 is 0 Å². The second-order valence-electron chi connectivity index (χ2n) is 13.8. The number of hydrogen-bond donors (Lipinski definition) is 0. The van der Waals surface area contributed by atoms with Crippen LogP contribution in [0.15, 0.2) is 200 Å². The predicted octanol–water partition coefficient (Wildman–Crippen LogP) is 12.3. The van der Waals surface area contributed by atoms with Crippen LogP contribution >= 0.6 is 0 Å². The third-order valence-electron chi connectivity index (χ3n) is 10.9. The lowest BCUT2D eigenvalue weighted by atomic mass is 9.67. The number of hydrogen-bond acceptors (Lipinski definition) is 2. The third-order valence-corrected chi connectivity index (χ3v) is 10.9. The molecule has 0 saturated heterocycles. The first-order valence-electron chi connectivity index (χ1n) is 18.3. The van der Waals surface area contributed by atoms with Gasteiger partial charge in [0.15, 0.2) is 0 Å². The number of para-hydroxylation sites is 2. The zero-order chi connectivity index (χ0) is 36.1. The maximum Gasteiger partial charge on any atom is 0.145 e. The normalized spacial score (nSPS) is 12.6. The van der Waals surface area contributed by atoms with Gasteiger partial charge in [0.1, 0.15) is 5.82 Å². The highest BCUT2D eigenvalue weighted by atomic mass is 15.1. The number of nitrogens with zero attached hydrogens (tertiary/aromatic N) is 3. The van der Waals surface area contributed by atoms with E-state index in [4.69, 9.17) is 4.98 Å². The van der Waals surface area contributed by atoms with Gasteiger partial charge in [0, 0.05) is 11.3 Å². The van der Waals surface area contributed by atoms with Crippen LogP contribution in [-0.2, 0) is 5.41 Å². The van der Waals surface area contributed by atoms with Gasteiger partial charge in [-0.2, -0.15) is 5.26 Å². The minimum Gasteiger partial charge on any atom is -0.292 e. The highest BCUT2D eigenvalue weighted by Crippen LogP contribution is 2.58. The lowest BCUT2D eigenvalue weighted by molar-refractivity contribution is 0.769. The molecule has 1 aliphatic carbocycles. The minimum atomic E-state index is -0.531. The Labute approximate surface area is 314 Å². The fourth-order valence-corrected chi connectivity index (χ4v) is 8.58. The van der Waals surface area contributed by atoms with E-state index in [0.29, 0.717) is 5.56 Å². The Bertz CT molecular complexity index is 2820. The number of benzene rings is 8. The van der Waals surface area contributed by atoms with Gasteiger partial charge in [-0.15, -0.1) is 0 Å². The molecule has 0 unspecified atom stereocenters. The van der Waals surface area contributed by atoms with Crippen molar-refractivity contribution in [3.05, 3.63) is 228 Å². The standard InChI is InChI=1S/C51H33N3/c52-34-35-15-14-18-38(31-35)43-32-45-42-23-10-11-24-46(42)51(39-19-6-2-7-20-39,40-21-8-3-9-22-40)47(45)33-44(43)36-27-29-41(30-28-36)54-49-26-13-12-25-48(49)53-50(54)37-16-4-1-5-17-37/h1-33H. The number of rotatable bonds is 6. The average molecular weight is 688 g/mol. The molecular formula is C51H33N3. The molecule has 0 amide bonds. The van der Waals surface area contributed by atoms with E-state index in [9.17, 15) is 5.26 Å². The summed E-state index contributed by atoms with van der Waals surface area (Å²) in [5.41, 5.74) is 15.9. The van der Waals surface area contributed by atoms with E-state index in [1.165, 1.54) is 33.4 Å². The van der Waals surface area contributed by atoms with Gasteiger partial charge >= 0.3 is 0 Å². The van der Waals surface area contributed by atoms with Crippen molar-refractivity contribution in [1.82, 2.24) is 9.55 Å². The Balaban J connectivity index is 1.24. The summed E-state index contributed by atoms with van der Waals surface area (Å²) in [6.45, 7) is 0. The Morgan fingerprint density at radius 1 is 0.444 bits per heavy atom. The lowest BCUT2D eigenvalue weighted by Gasteiger charge is -2.34. The summed E-state index contributed by atoms with van der Waals surface area (Å²) in [5, 5.41) is 9.94. The number of imidazole rings is 1. The first-order valence-corrected chi connectivity index (χ1v) is 18.3. The average Bonchev–Trinajstić information content (AvgIpc) is 3.78. The first kappa shape index (κ1) is 31.5. The molecule has 10 rings (SSSR count). The second-order valence-corrected chi connectivity index (χ2v) is 13.8. The Kier molecular flexibility index (Phi) is 7.42. The number of nitriles is 1. The van der Waals surface area contributed by atoms with Crippen LogP contribution in [0.4, 0.5) is 0 Å². The summed E-state index contributed by atoms with van der Waals surface area (Å²) in [5.74, 6) is 0.907.